The second kappa shape index (κ2) is 8.73. The third-order valence-electron chi connectivity index (χ3n) is 5.31. The summed E-state index contributed by atoms with van der Waals surface area (Å²) in [6.45, 7) is 3.95. The van der Waals surface area contributed by atoms with Gasteiger partial charge in [-0.2, -0.15) is 0 Å². The molecule has 2 aromatic rings. The molecule has 0 atom stereocenters. The van der Waals surface area contributed by atoms with Gasteiger partial charge < -0.3 is 19.9 Å². The molecule has 1 N–H and O–H groups in total. The molecule has 4 heterocycles. The number of carbonyl (C=O) groups excluding carboxylic acids is 1. The fraction of sp³-hybridized carbons (Fsp3) is 0.524. The molecule has 2 saturated heterocycles. The molecule has 154 valence electrons. The lowest BCUT2D eigenvalue weighted by Crippen LogP contribution is -2.37. The van der Waals surface area contributed by atoms with E-state index in [2.05, 4.69) is 20.1 Å². The van der Waals surface area contributed by atoms with Crippen molar-refractivity contribution in [2.24, 2.45) is 0 Å². The Morgan fingerprint density at radius 1 is 1.07 bits per heavy atom. The molecule has 0 aromatic carbocycles. The molecule has 0 saturated carbocycles. The number of nitrogens with zero attached hydrogens (tertiary/aromatic N) is 5. The van der Waals surface area contributed by atoms with Crippen molar-refractivity contribution in [3.05, 3.63) is 23.9 Å². The van der Waals surface area contributed by atoms with Gasteiger partial charge in [0.05, 0.1) is 13.2 Å². The van der Waals surface area contributed by atoms with Gasteiger partial charge in [-0.25, -0.2) is 15.0 Å². The third-order valence-corrected chi connectivity index (χ3v) is 5.31. The largest absolute Gasteiger partial charge is 0.378 e. The molecule has 8 nitrogen and oxygen atoms in total. The van der Waals surface area contributed by atoms with Crippen LogP contribution >= 0.6 is 0 Å². The summed E-state index contributed by atoms with van der Waals surface area (Å²) in [5, 5.41) is 2.34. The quantitative estimate of drug-likeness (QED) is 0.846. The molecule has 4 rings (SSSR count). The maximum atomic E-state index is 11.8. The number of aryl methyl sites for hydroxylation is 1. The fourth-order valence-electron chi connectivity index (χ4n) is 3.76. The van der Waals surface area contributed by atoms with Crippen LogP contribution in [-0.2, 0) is 9.53 Å². The number of hydrogen-bond donors (Lipinski definition) is 1. The van der Waals surface area contributed by atoms with E-state index in [0.29, 0.717) is 19.0 Å². The van der Waals surface area contributed by atoms with Crippen molar-refractivity contribution < 1.29 is 13.6 Å². The zero-order valence-electron chi connectivity index (χ0n) is 19.6. The summed E-state index contributed by atoms with van der Waals surface area (Å²) < 4.78 is 27.1. The van der Waals surface area contributed by atoms with Crippen molar-refractivity contribution in [2.45, 2.75) is 33.0 Å². The van der Waals surface area contributed by atoms with Gasteiger partial charge in [0.25, 0.3) is 0 Å². The smallest absolute Gasteiger partial charge is 0.222 e. The molecule has 8 heteroatoms. The molecule has 0 aliphatic carbocycles. The number of amides is 1. The molecule has 2 aliphatic heterocycles. The van der Waals surface area contributed by atoms with Gasteiger partial charge in [0.2, 0.25) is 5.91 Å². The van der Waals surface area contributed by atoms with E-state index in [1.54, 1.807) is 12.3 Å². The lowest BCUT2D eigenvalue weighted by Gasteiger charge is -2.31. The Morgan fingerprint density at radius 2 is 1.76 bits per heavy atom. The van der Waals surface area contributed by atoms with Crippen molar-refractivity contribution in [3.8, 4) is 11.4 Å². The Kier molecular flexibility index (Phi) is 4.85. The first-order valence-electron chi connectivity index (χ1n) is 11.6. The molecule has 2 aromatic heterocycles. The fourth-order valence-corrected chi connectivity index (χ4v) is 3.76. The summed E-state index contributed by atoms with van der Waals surface area (Å²) in [5.41, 5.74) is 1.54. The minimum absolute atomic E-state index is 0.188. The van der Waals surface area contributed by atoms with Crippen LogP contribution in [0.5, 0.6) is 0 Å². The number of morpholine rings is 1. The Bertz CT molecular complexity index is 936. The van der Waals surface area contributed by atoms with Gasteiger partial charge in [-0.3, -0.25) is 4.79 Å². The van der Waals surface area contributed by atoms with Crippen LogP contribution in [0.3, 0.4) is 0 Å². The van der Waals surface area contributed by atoms with E-state index >= 15 is 0 Å². The van der Waals surface area contributed by atoms with Crippen LogP contribution in [0.2, 0.25) is 0 Å². The molecule has 0 bridgehead atoms. The topological polar surface area (TPSA) is 83.5 Å². The van der Waals surface area contributed by atoms with E-state index in [1.807, 2.05) is 13.0 Å². The van der Waals surface area contributed by atoms with E-state index in [4.69, 9.17) is 18.8 Å². The van der Waals surface area contributed by atoms with Crippen molar-refractivity contribution in [1.82, 2.24) is 15.0 Å². The monoisotopic (exact) mass is 399 g/mol. The van der Waals surface area contributed by atoms with E-state index in [9.17, 15) is 4.79 Å². The highest BCUT2D eigenvalue weighted by Crippen LogP contribution is 2.29. The average molecular weight is 400 g/mol. The van der Waals surface area contributed by atoms with Gasteiger partial charge in [0, 0.05) is 55.0 Å². The van der Waals surface area contributed by atoms with Gasteiger partial charge in [-0.15, -0.1) is 0 Å². The van der Waals surface area contributed by atoms with E-state index < -0.39 is 12.8 Å². The van der Waals surface area contributed by atoms with Gasteiger partial charge in [-0.05, 0) is 37.8 Å². The first-order chi connectivity index (χ1) is 15.3. The van der Waals surface area contributed by atoms with Gasteiger partial charge in [-0.1, -0.05) is 0 Å². The number of carbonyl (C=O) groups is 1. The van der Waals surface area contributed by atoms with E-state index in [0.717, 1.165) is 61.8 Å². The molecular weight excluding hydrogens is 368 g/mol. The van der Waals surface area contributed by atoms with Crippen molar-refractivity contribution >= 4 is 23.4 Å². The van der Waals surface area contributed by atoms with Crippen molar-refractivity contribution in [2.75, 3.05) is 54.5 Å². The highest BCUT2D eigenvalue weighted by molar-refractivity contribution is 5.88. The lowest BCUT2D eigenvalue weighted by molar-refractivity contribution is -0.114. The Hall–Kier alpha value is -2.74. The van der Waals surface area contributed by atoms with Crippen LogP contribution in [0.15, 0.2) is 18.3 Å². The Morgan fingerprint density at radius 3 is 2.41 bits per heavy atom. The number of ether oxygens (including phenoxy) is 1. The summed E-state index contributed by atoms with van der Waals surface area (Å²) >= 11 is 0. The van der Waals surface area contributed by atoms with Crippen LogP contribution in [0.25, 0.3) is 11.4 Å². The SMILES string of the molecule is [2H]C([2H])([2H])C(=O)Nc1cc(C)c(-c2nc(N3CCCCC3)cc(N3CCOCC3)n2)cn1. The number of pyridine rings is 1. The zero-order chi connectivity index (χ0) is 22.7. The minimum atomic E-state index is -2.73. The minimum Gasteiger partial charge on any atom is -0.378 e. The molecule has 2 fully saturated rings. The van der Waals surface area contributed by atoms with Gasteiger partial charge in [0.15, 0.2) is 5.82 Å². The molecule has 29 heavy (non-hydrogen) atoms. The van der Waals surface area contributed by atoms with Gasteiger partial charge >= 0.3 is 0 Å². The van der Waals surface area contributed by atoms with E-state index in [1.165, 1.54) is 6.42 Å². The van der Waals surface area contributed by atoms with Crippen LogP contribution in [0, 0.1) is 6.92 Å². The molecule has 0 radical (unpaired) electrons. The van der Waals surface area contributed by atoms with Crippen molar-refractivity contribution in [1.29, 1.82) is 0 Å². The van der Waals surface area contributed by atoms with Crippen molar-refractivity contribution in [3.63, 3.8) is 0 Å². The summed E-state index contributed by atoms with van der Waals surface area (Å²) in [7, 11) is 0. The number of aromatic nitrogens is 3. The summed E-state index contributed by atoms with van der Waals surface area (Å²) in [6, 6.07) is 3.69. The molecular formula is C21H28N6O2. The van der Waals surface area contributed by atoms with E-state index in [-0.39, 0.29) is 5.82 Å². The third kappa shape index (κ3) is 4.64. The second-order valence-electron chi connectivity index (χ2n) is 7.39. The van der Waals surface area contributed by atoms with Gasteiger partial charge in [0.1, 0.15) is 17.5 Å². The normalized spacial score (nSPS) is 19.3. The number of anilines is 3. The molecule has 2 aliphatic rings. The Balaban J connectivity index is 1.67. The van der Waals surface area contributed by atoms with Crippen LogP contribution in [-0.4, -0.2) is 60.3 Å². The standard InChI is InChI=1S/C21H28N6O2/c1-15-12-18(23-16(2)28)22-14-17(15)21-24-19(26-6-4-3-5-7-26)13-20(25-21)27-8-10-29-11-9-27/h12-14H,3-11H2,1-2H3,(H,22,23,28)/i2D3. The Labute approximate surface area is 175 Å². The summed E-state index contributed by atoms with van der Waals surface area (Å²) in [6.07, 6.45) is 5.11. The maximum absolute atomic E-state index is 11.8. The summed E-state index contributed by atoms with van der Waals surface area (Å²) in [4.78, 5) is 30.2. The maximum Gasteiger partial charge on any atom is 0.222 e. The van der Waals surface area contributed by atoms with Crippen LogP contribution in [0.1, 0.15) is 35.8 Å². The summed E-state index contributed by atoms with van der Waals surface area (Å²) in [5.74, 6) is 1.45. The highest BCUT2D eigenvalue weighted by atomic mass is 16.5. The first kappa shape index (κ1) is 16.1. The highest BCUT2D eigenvalue weighted by Gasteiger charge is 2.20. The first-order valence-corrected chi connectivity index (χ1v) is 10.1. The lowest BCUT2D eigenvalue weighted by atomic mass is 10.1. The van der Waals surface area contributed by atoms with Crippen LogP contribution < -0.4 is 15.1 Å². The molecule has 0 unspecified atom stereocenters. The molecule has 1 amide bonds. The number of piperidine rings is 1. The number of nitrogens with one attached hydrogen (secondary N) is 1. The van der Waals surface area contributed by atoms with Crippen LogP contribution in [0.4, 0.5) is 17.5 Å². The number of rotatable bonds is 4. The number of hydrogen-bond acceptors (Lipinski definition) is 7. The average Bonchev–Trinajstić information content (AvgIpc) is 2.79. The second-order valence-corrected chi connectivity index (χ2v) is 7.39. The predicted molar refractivity (Wildman–Crippen MR) is 113 cm³/mol. The molecule has 0 spiro atoms. The zero-order valence-corrected chi connectivity index (χ0v) is 16.6. The predicted octanol–water partition coefficient (Wildman–Crippen LogP) is 2.63.